The van der Waals surface area contributed by atoms with Crippen molar-refractivity contribution >= 4 is 5.78 Å². The lowest BCUT2D eigenvalue weighted by atomic mass is 10.0. The van der Waals surface area contributed by atoms with Gasteiger partial charge < -0.3 is 9.47 Å². The lowest BCUT2D eigenvalue weighted by Gasteiger charge is -2.10. The molecule has 16 heavy (non-hydrogen) atoms. The summed E-state index contributed by atoms with van der Waals surface area (Å²) in [6.07, 6.45) is 0. The first kappa shape index (κ1) is 12.1. The highest BCUT2D eigenvalue weighted by atomic mass is 16.5. The molecule has 1 unspecified atom stereocenters. The number of ether oxygens (including phenoxy) is 2. The summed E-state index contributed by atoms with van der Waals surface area (Å²) in [7, 11) is 3.05. The number of carbonyl (C=O) groups is 1. The standard InChI is InChI=1S/C12H13NO3/c1-8(14)12(13-2)10-6-5-9(15-3)7-11(10)16-4/h5-7,12H,1,3-4H3. The van der Waals surface area contributed by atoms with Crippen LogP contribution in [-0.2, 0) is 4.79 Å². The average Bonchev–Trinajstić information content (AvgIpc) is 2.29. The predicted octanol–water partition coefficient (Wildman–Crippen LogP) is 2.25. The third-order valence-corrected chi connectivity index (χ3v) is 2.25. The molecule has 0 amide bonds. The Bertz CT molecular complexity index is 434. The average molecular weight is 219 g/mol. The first-order chi connectivity index (χ1) is 7.63. The number of ketones is 1. The van der Waals surface area contributed by atoms with Gasteiger partial charge in [0.05, 0.1) is 19.8 Å². The Balaban J connectivity index is 3.23. The van der Waals surface area contributed by atoms with Gasteiger partial charge in [0, 0.05) is 13.0 Å². The van der Waals surface area contributed by atoms with Crippen LogP contribution in [0.1, 0.15) is 18.5 Å². The second kappa shape index (κ2) is 5.17. The van der Waals surface area contributed by atoms with E-state index < -0.39 is 6.04 Å². The summed E-state index contributed by atoms with van der Waals surface area (Å²) in [6, 6.07) is 4.25. The fourth-order valence-corrected chi connectivity index (χ4v) is 1.42. The minimum atomic E-state index is -0.805. The van der Waals surface area contributed by atoms with Crippen LogP contribution in [0.15, 0.2) is 18.2 Å². The van der Waals surface area contributed by atoms with Crippen molar-refractivity contribution in [2.24, 2.45) is 0 Å². The maximum Gasteiger partial charge on any atom is 0.309 e. The van der Waals surface area contributed by atoms with Gasteiger partial charge in [-0.1, -0.05) is 0 Å². The smallest absolute Gasteiger partial charge is 0.309 e. The predicted molar refractivity (Wildman–Crippen MR) is 59.6 cm³/mol. The molecule has 0 aliphatic heterocycles. The molecule has 0 heterocycles. The van der Waals surface area contributed by atoms with Crippen LogP contribution in [0.5, 0.6) is 11.5 Å². The zero-order chi connectivity index (χ0) is 12.1. The van der Waals surface area contributed by atoms with E-state index in [0.717, 1.165) is 0 Å². The summed E-state index contributed by atoms with van der Waals surface area (Å²) >= 11 is 0. The van der Waals surface area contributed by atoms with Crippen molar-refractivity contribution in [2.45, 2.75) is 13.0 Å². The van der Waals surface area contributed by atoms with Gasteiger partial charge in [-0.05, 0) is 12.1 Å². The van der Waals surface area contributed by atoms with E-state index in [1.165, 1.54) is 14.0 Å². The van der Waals surface area contributed by atoms with Gasteiger partial charge in [-0.2, -0.15) is 0 Å². The van der Waals surface area contributed by atoms with Gasteiger partial charge in [0.2, 0.25) is 5.78 Å². The van der Waals surface area contributed by atoms with E-state index in [1.54, 1.807) is 25.3 Å². The van der Waals surface area contributed by atoms with E-state index in [9.17, 15) is 4.79 Å². The van der Waals surface area contributed by atoms with Crippen molar-refractivity contribution in [3.63, 3.8) is 0 Å². The third-order valence-electron chi connectivity index (χ3n) is 2.25. The van der Waals surface area contributed by atoms with E-state index in [4.69, 9.17) is 16.0 Å². The molecule has 0 aliphatic carbocycles. The van der Waals surface area contributed by atoms with Crippen molar-refractivity contribution in [3.8, 4) is 11.5 Å². The van der Waals surface area contributed by atoms with E-state index in [1.807, 2.05) is 0 Å². The summed E-state index contributed by atoms with van der Waals surface area (Å²) in [5.74, 6) is 0.932. The number of Topliss-reactive ketones (excluding diaryl/α,β-unsaturated/α-hetero) is 1. The van der Waals surface area contributed by atoms with Gasteiger partial charge in [0.1, 0.15) is 11.5 Å². The van der Waals surface area contributed by atoms with E-state index >= 15 is 0 Å². The lowest BCUT2D eigenvalue weighted by molar-refractivity contribution is -0.117. The zero-order valence-corrected chi connectivity index (χ0v) is 9.48. The molecule has 0 aliphatic rings. The summed E-state index contributed by atoms with van der Waals surface area (Å²) in [5.41, 5.74) is 0.575. The summed E-state index contributed by atoms with van der Waals surface area (Å²) in [4.78, 5) is 14.6. The Hall–Kier alpha value is -2.02. The first-order valence-electron chi connectivity index (χ1n) is 4.73. The number of carbonyl (C=O) groups excluding carboxylic acids is 1. The molecule has 0 N–H and O–H groups in total. The van der Waals surface area contributed by atoms with E-state index in [2.05, 4.69) is 4.85 Å². The Kier molecular flexibility index (Phi) is 3.90. The van der Waals surface area contributed by atoms with Gasteiger partial charge in [0.25, 0.3) is 0 Å². The summed E-state index contributed by atoms with van der Waals surface area (Å²) in [5, 5.41) is 0. The topological polar surface area (TPSA) is 39.9 Å². The molecule has 0 fully saturated rings. The molecule has 1 atom stereocenters. The van der Waals surface area contributed by atoms with Crippen molar-refractivity contribution in [3.05, 3.63) is 35.2 Å². The zero-order valence-electron chi connectivity index (χ0n) is 9.48. The molecule has 0 saturated carbocycles. The molecular formula is C12H13NO3. The Morgan fingerprint density at radius 1 is 1.38 bits per heavy atom. The van der Waals surface area contributed by atoms with Crippen molar-refractivity contribution in [1.82, 2.24) is 0 Å². The van der Waals surface area contributed by atoms with Gasteiger partial charge >= 0.3 is 6.04 Å². The van der Waals surface area contributed by atoms with Crippen LogP contribution >= 0.6 is 0 Å². The second-order valence-corrected chi connectivity index (χ2v) is 3.25. The van der Waals surface area contributed by atoms with Gasteiger partial charge in [-0.15, -0.1) is 0 Å². The molecule has 1 aromatic rings. The molecule has 0 saturated heterocycles. The highest BCUT2D eigenvalue weighted by Crippen LogP contribution is 2.31. The fraction of sp³-hybridized carbons (Fsp3) is 0.333. The fourth-order valence-electron chi connectivity index (χ4n) is 1.42. The summed E-state index contributed by atoms with van der Waals surface area (Å²) < 4.78 is 10.2. The van der Waals surface area contributed by atoms with Crippen LogP contribution in [0.2, 0.25) is 0 Å². The van der Waals surface area contributed by atoms with Crippen LogP contribution < -0.4 is 9.47 Å². The molecule has 4 heteroatoms. The number of benzene rings is 1. The largest absolute Gasteiger partial charge is 0.497 e. The van der Waals surface area contributed by atoms with Crippen LogP contribution in [0.3, 0.4) is 0 Å². The van der Waals surface area contributed by atoms with Gasteiger partial charge in [0.15, 0.2) is 0 Å². The lowest BCUT2D eigenvalue weighted by Crippen LogP contribution is -2.06. The maximum atomic E-state index is 11.3. The SMILES string of the molecule is [C-]#[N+]C(C(C)=O)c1ccc(OC)cc1OC. The molecule has 0 radical (unpaired) electrons. The molecule has 0 spiro atoms. The van der Waals surface area contributed by atoms with E-state index in [0.29, 0.717) is 17.1 Å². The molecule has 1 aromatic carbocycles. The second-order valence-electron chi connectivity index (χ2n) is 3.25. The molecule has 4 nitrogen and oxygen atoms in total. The Labute approximate surface area is 94.6 Å². The van der Waals surface area contributed by atoms with Crippen LogP contribution in [-0.4, -0.2) is 20.0 Å². The van der Waals surface area contributed by atoms with E-state index in [-0.39, 0.29) is 5.78 Å². The first-order valence-corrected chi connectivity index (χ1v) is 4.73. The van der Waals surface area contributed by atoms with Crippen LogP contribution in [0.4, 0.5) is 0 Å². The molecule has 84 valence electrons. The Morgan fingerprint density at radius 2 is 2.06 bits per heavy atom. The monoisotopic (exact) mass is 219 g/mol. The normalized spacial score (nSPS) is 11.4. The molecule has 1 rings (SSSR count). The number of hydrogen-bond donors (Lipinski definition) is 0. The highest BCUT2D eigenvalue weighted by molar-refractivity contribution is 5.85. The molecule has 0 aromatic heterocycles. The summed E-state index contributed by atoms with van der Waals surface area (Å²) in [6.45, 7) is 8.41. The van der Waals surface area contributed by atoms with Crippen molar-refractivity contribution in [1.29, 1.82) is 0 Å². The quantitative estimate of drug-likeness (QED) is 0.729. The van der Waals surface area contributed by atoms with Gasteiger partial charge in [-0.25, -0.2) is 6.57 Å². The van der Waals surface area contributed by atoms with Gasteiger partial charge in [-0.3, -0.25) is 9.64 Å². The number of rotatable bonds is 4. The highest BCUT2D eigenvalue weighted by Gasteiger charge is 2.25. The number of nitrogens with zero attached hydrogens (tertiary/aromatic N) is 1. The van der Waals surface area contributed by atoms with Crippen molar-refractivity contribution in [2.75, 3.05) is 14.2 Å². The maximum absolute atomic E-state index is 11.3. The minimum Gasteiger partial charge on any atom is -0.497 e. The molecular weight excluding hydrogens is 206 g/mol. The third kappa shape index (κ3) is 2.31. The Morgan fingerprint density at radius 3 is 2.50 bits per heavy atom. The number of hydrogen-bond acceptors (Lipinski definition) is 3. The minimum absolute atomic E-state index is 0.196. The number of methoxy groups -OCH3 is 2. The van der Waals surface area contributed by atoms with Crippen molar-refractivity contribution < 1.29 is 14.3 Å². The van der Waals surface area contributed by atoms with Crippen LogP contribution in [0, 0.1) is 6.57 Å². The molecule has 0 bridgehead atoms. The van der Waals surface area contributed by atoms with Crippen LogP contribution in [0.25, 0.3) is 4.85 Å².